The van der Waals surface area contributed by atoms with Gasteiger partial charge in [0.25, 0.3) is 0 Å². The number of hydrogen-bond acceptors (Lipinski definition) is 4. The van der Waals surface area contributed by atoms with Crippen LogP contribution in [-0.4, -0.2) is 66.2 Å². The molecular formula is C20H28N2O3. The monoisotopic (exact) mass is 344 g/mol. The van der Waals surface area contributed by atoms with Crippen LogP contribution in [0.3, 0.4) is 0 Å². The number of carbonyl (C=O) groups excluding carboxylic acids is 1. The molecule has 3 aliphatic rings. The fraction of sp³-hybridized carbons (Fsp3) is 0.650. The van der Waals surface area contributed by atoms with Crippen LogP contribution in [0.25, 0.3) is 0 Å². The van der Waals surface area contributed by atoms with E-state index in [9.17, 15) is 9.90 Å². The maximum Gasteiger partial charge on any atom is 0.226 e. The molecule has 1 N–H and O–H groups in total. The van der Waals surface area contributed by atoms with Crippen molar-refractivity contribution < 1.29 is 14.6 Å². The smallest absolute Gasteiger partial charge is 0.226 e. The number of ether oxygens (including phenoxy) is 1. The molecule has 1 heterocycles. The van der Waals surface area contributed by atoms with Gasteiger partial charge in [-0.25, -0.2) is 0 Å². The molecule has 25 heavy (non-hydrogen) atoms. The summed E-state index contributed by atoms with van der Waals surface area (Å²) in [6.07, 6.45) is 3.93. The number of amides is 1. The van der Waals surface area contributed by atoms with E-state index in [1.807, 2.05) is 17.0 Å². The van der Waals surface area contributed by atoms with Gasteiger partial charge in [0.2, 0.25) is 5.91 Å². The third-order valence-corrected chi connectivity index (χ3v) is 6.19. The molecule has 1 aromatic rings. The SMILES string of the molecule is COc1ccc([C@@H]2C[C@@H]2C(=O)N2CCN([C@H]3CCC[C@@H]3O)CC2)cc1. The molecule has 2 saturated carbocycles. The Bertz CT molecular complexity index is 610. The van der Waals surface area contributed by atoms with Gasteiger partial charge in [0.05, 0.1) is 13.2 Å². The zero-order chi connectivity index (χ0) is 17.4. The second kappa shape index (κ2) is 6.96. The van der Waals surface area contributed by atoms with Gasteiger partial charge in [0, 0.05) is 38.1 Å². The van der Waals surface area contributed by atoms with Crippen molar-refractivity contribution in [3.63, 3.8) is 0 Å². The van der Waals surface area contributed by atoms with Crippen molar-refractivity contribution in [3.05, 3.63) is 29.8 Å². The molecule has 1 saturated heterocycles. The minimum absolute atomic E-state index is 0.150. The number of methoxy groups -OCH3 is 1. The van der Waals surface area contributed by atoms with E-state index in [0.717, 1.165) is 57.6 Å². The normalized spacial score (nSPS) is 32.6. The highest BCUT2D eigenvalue weighted by atomic mass is 16.5. The first-order valence-electron chi connectivity index (χ1n) is 9.52. The van der Waals surface area contributed by atoms with Gasteiger partial charge >= 0.3 is 0 Å². The summed E-state index contributed by atoms with van der Waals surface area (Å²) in [6.45, 7) is 3.39. The zero-order valence-corrected chi connectivity index (χ0v) is 14.9. The summed E-state index contributed by atoms with van der Waals surface area (Å²) in [6, 6.07) is 8.42. The quantitative estimate of drug-likeness (QED) is 0.906. The topological polar surface area (TPSA) is 53.0 Å². The van der Waals surface area contributed by atoms with E-state index in [1.165, 1.54) is 5.56 Å². The lowest BCUT2D eigenvalue weighted by atomic mass is 10.1. The molecule has 0 aromatic heterocycles. The highest BCUT2D eigenvalue weighted by molar-refractivity contribution is 5.83. The molecule has 4 rings (SSSR count). The van der Waals surface area contributed by atoms with Crippen molar-refractivity contribution in [1.82, 2.24) is 9.80 Å². The van der Waals surface area contributed by atoms with Crippen molar-refractivity contribution in [1.29, 1.82) is 0 Å². The summed E-state index contributed by atoms with van der Waals surface area (Å²) in [5.41, 5.74) is 1.24. The second-order valence-electron chi connectivity index (χ2n) is 7.65. The van der Waals surface area contributed by atoms with Crippen LogP contribution < -0.4 is 4.74 Å². The van der Waals surface area contributed by atoms with Gasteiger partial charge in [-0.3, -0.25) is 9.69 Å². The minimum Gasteiger partial charge on any atom is -0.497 e. The molecule has 136 valence electrons. The van der Waals surface area contributed by atoms with Gasteiger partial charge in [0.1, 0.15) is 5.75 Å². The fourth-order valence-electron chi connectivity index (χ4n) is 4.54. The predicted octanol–water partition coefficient (Wildman–Crippen LogP) is 1.86. The van der Waals surface area contributed by atoms with Crippen LogP contribution in [-0.2, 0) is 4.79 Å². The van der Waals surface area contributed by atoms with E-state index in [2.05, 4.69) is 17.0 Å². The molecule has 0 unspecified atom stereocenters. The van der Waals surface area contributed by atoms with Crippen molar-refractivity contribution >= 4 is 5.91 Å². The number of aliphatic hydroxyl groups is 1. The number of nitrogens with zero attached hydrogens (tertiary/aromatic N) is 2. The van der Waals surface area contributed by atoms with Crippen LogP contribution in [0.4, 0.5) is 0 Å². The highest BCUT2D eigenvalue weighted by Crippen LogP contribution is 2.48. The molecular weight excluding hydrogens is 316 g/mol. The van der Waals surface area contributed by atoms with Gasteiger partial charge < -0.3 is 14.7 Å². The zero-order valence-electron chi connectivity index (χ0n) is 14.9. The predicted molar refractivity (Wildman–Crippen MR) is 95.6 cm³/mol. The Kier molecular flexibility index (Phi) is 4.69. The Morgan fingerprint density at radius 3 is 2.44 bits per heavy atom. The van der Waals surface area contributed by atoms with E-state index in [4.69, 9.17) is 4.74 Å². The summed E-state index contributed by atoms with van der Waals surface area (Å²) in [5, 5.41) is 10.1. The molecule has 1 aromatic carbocycles. The van der Waals surface area contributed by atoms with Crippen LogP contribution >= 0.6 is 0 Å². The van der Waals surface area contributed by atoms with E-state index < -0.39 is 0 Å². The minimum atomic E-state index is -0.176. The maximum absolute atomic E-state index is 12.8. The van der Waals surface area contributed by atoms with Gasteiger partial charge in [-0.2, -0.15) is 0 Å². The van der Waals surface area contributed by atoms with Crippen LogP contribution in [0.1, 0.15) is 37.2 Å². The second-order valence-corrected chi connectivity index (χ2v) is 7.65. The highest BCUT2D eigenvalue weighted by Gasteiger charge is 2.46. The number of benzene rings is 1. The van der Waals surface area contributed by atoms with Gasteiger partial charge in [0.15, 0.2) is 0 Å². The molecule has 1 amide bonds. The lowest BCUT2D eigenvalue weighted by Crippen LogP contribution is -2.54. The lowest BCUT2D eigenvalue weighted by Gasteiger charge is -2.39. The molecule has 0 bridgehead atoms. The van der Waals surface area contributed by atoms with E-state index in [-0.39, 0.29) is 12.0 Å². The first-order valence-corrected chi connectivity index (χ1v) is 9.52. The number of aliphatic hydroxyl groups excluding tert-OH is 1. The van der Waals surface area contributed by atoms with E-state index in [1.54, 1.807) is 7.11 Å². The average Bonchev–Trinajstić information content (AvgIpc) is 3.35. The third-order valence-electron chi connectivity index (χ3n) is 6.19. The number of piperazine rings is 1. The van der Waals surface area contributed by atoms with E-state index >= 15 is 0 Å². The van der Waals surface area contributed by atoms with E-state index in [0.29, 0.717) is 17.9 Å². The van der Waals surface area contributed by atoms with Gasteiger partial charge in [-0.15, -0.1) is 0 Å². The summed E-state index contributed by atoms with van der Waals surface area (Å²) in [5.74, 6) is 1.69. The standard InChI is InChI=1S/C20H28N2O3/c1-25-15-7-5-14(6-8-15)16-13-17(16)20(24)22-11-9-21(10-12-22)18-3-2-4-19(18)23/h5-8,16-19,23H,2-4,9-13H2,1H3/t16-,17-,18-,19-/m0/s1. The van der Waals surface area contributed by atoms with Gasteiger partial charge in [-0.1, -0.05) is 12.1 Å². The average molecular weight is 344 g/mol. The fourth-order valence-corrected chi connectivity index (χ4v) is 4.54. The Morgan fingerprint density at radius 2 is 1.84 bits per heavy atom. The molecule has 1 aliphatic heterocycles. The van der Waals surface area contributed by atoms with Crippen LogP contribution in [0.15, 0.2) is 24.3 Å². The van der Waals surface area contributed by atoms with Crippen LogP contribution in [0.2, 0.25) is 0 Å². The first-order chi connectivity index (χ1) is 12.2. The Balaban J connectivity index is 1.29. The molecule has 0 spiro atoms. The van der Waals surface area contributed by atoms with Crippen LogP contribution in [0.5, 0.6) is 5.75 Å². The molecule has 5 heteroatoms. The molecule has 2 aliphatic carbocycles. The molecule has 4 atom stereocenters. The van der Waals surface area contributed by atoms with Crippen molar-refractivity contribution in [2.24, 2.45) is 5.92 Å². The number of hydrogen-bond donors (Lipinski definition) is 1. The summed E-state index contributed by atoms with van der Waals surface area (Å²) < 4.78 is 5.20. The van der Waals surface area contributed by atoms with Gasteiger partial charge in [-0.05, 0) is 49.3 Å². The van der Waals surface area contributed by atoms with Crippen molar-refractivity contribution in [3.8, 4) is 5.75 Å². The Hall–Kier alpha value is -1.59. The maximum atomic E-state index is 12.8. The largest absolute Gasteiger partial charge is 0.497 e. The Labute approximate surface area is 149 Å². The Morgan fingerprint density at radius 1 is 1.12 bits per heavy atom. The summed E-state index contributed by atoms with van der Waals surface area (Å²) in [4.78, 5) is 17.2. The third kappa shape index (κ3) is 3.40. The molecule has 3 fully saturated rings. The molecule has 5 nitrogen and oxygen atoms in total. The lowest BCUT2D eigenvalue weighted by molar-refractivity contribution is -0.135. The van der Waals surface area contributed by atoms with Crippen molar-refractivity contribution in [2.45, 2.75) is 43.7 Å². The summed E-state index contributed by atoms with van der Waals surface area (Å²) >= 11 is 0. The molecule has 0 radical (unpaired) electrons. The number of carbonyl (C=O) groups is 1. The van der Waals surface area contributed by atoms with Crippen LogP contribution in [0, 0.1) is 5.92 Å². The number of rotatable bonds is 4. The van der Waals surface area contributed by atoms with Crippen molar-refractivity contribution in [2.75, 3.05) is 33.3 Å². The first kappa shape index (κ1) is 16.9. The summed E-state index contributed by atoms with van der Waals surface area (Å²) in [7, 11) is 1.67.